The largest absolute Gasteiger partial charge is 0.487 e. The highest BCUT2D eigenvalue weighted by atomic mass is 16.5. The van der Waals surface area contributed by atoms with Crippen LogP contribution >= 0.6 is 0 Å². The van der Waals surface area contributed by atoms with Gasteiger partial charge in [0.1, 0.15) is 24.0 Å². The Bertz CT molecular complexity index is 764. The van der Waals surface area contributed by atoms with E-state index in [1.807, 2.05) is 43.3 Å². The van der Waals surface area contributed by atoms with Gasteiger partial charge in [-0.3, -0.25) is 4.98 Å². The molecule has 0 saturated heterocycles. The van der Waals surface area contributed by atoms with E-state index in [2.05, 4.69) is 4.98 Å². The molecule has 0 aliphatic rings. The van der Waals surface area contributed by atoms with Gasteiger partial charge in [-0.05, 0) is 30.7 Å². The van der Waals surface area contributed by atoms with Crippen LogP contribution < -0.4 is 4.74 Å². The van der Waals surface area contributed by atoms with Crippen molar-refractivity contribution in [3.63, 3.8) is 0 Å². The average Bonchev–Trinajstić information content (AvgIpc) is 2.66. The maximum Gasteiger partial charge on any atom is 0.348 e. The van der Waals surface area contributed by atoms with Crippen molar-refractivity contribution in [2.24, 2.45) is 0 Å². The molecule has 128 valence electrons. The Morgan fingerprint density at radius 2 is 2.04 bits per heavy atom. The first-order valence-corrected chi connectivity index (χ1v) is 8.15. The second kappa shape index (κ2) is 9.89. The molecule has 0 atom stereocenters. The molecule has 5 nitrogen and oxygen atoms in total. The van der Waals surface area contributed by atoms with Crippen LogP contribution in [-0.2, 0) is 16.1 Å². The smallest absolute Gasteiger partial charge is 0.348 e. The van der Waals surface area contributed by atoms with Gasteiger partial charge in [0.25, 0.3) is 0 Å². The number of unbranched alkanes of at least 4 members (excludes halogenated alkanes) is 1. The Hall–Kier alpha value is -3.13. The van der Waals surface area contributed by atoms with Crippen LogP contribution in [0, 0.1) is 11.3 Å². The van der Waals surface area contributed by atoms with Gasteiger partial charge in [0.05, 0.1) is 12.3 Å². The minimum Gasteiger partial charge on any atom is -0.487 e. The van der Waals surface area contributed by atoms with E-state index in [0.717, 1.165) is 18.5 Å². The van der Waals surface area contributed by atoms with Crippen LogP contribution in [0.1, 0.15) is 31.0 Å². The van der Waals surface area contributed by atoms with E-state index in [0.29, 0.717) is 24.5 Å². The van der Waals surface area contributed by atoms with Gasteiger partial charge < -0.3 is 9.47 Å². The molecule has 5 heteroatoms. The van der Waals surface area contributed by atoms with Gasteiger partial charge in [0.2, 0.25) is 0 Å². The summed E-state index contributed by atoms with van der Waals surface area (Å²) in [5.41, 5.74) is 1.38. The summed E-state index contributed by atoms with van der Waals surface area (Å²) in [5.74, 6) is -0.0438. The van der Waals surface area contributed by atoms with Crippen LogP contribution in [0.3, 0.4) is 0 Å². The lowest BCUT2D eigenvalue weighted by Gasteiger charge is -2.09. The SMILES string of the molecule is CCCCOC(=O)/C(C#N)=C/c1ccccc1OCc1ccccn1. The molecule has 0 aliphatic heterocycles. The van der Waals surface area contributed by atoms with Crippen LogP contribution in [0.2, 0.25) is 0 Å². The molecule has 2 aromatic rings. The fraction of sp³-hybridized carbons (Fsp3) is 0.250. The van der Waals surface area contributed by atoms with E-state index in [1.165, 1.54) is 6.08 Å². The molecule has 0 bridgehead atoms. The Kier molecular flexibility index (Phi) is 7.20. The van der Waals surface area contributed by atoms with E-state index in [-0.39, 0.29) is 5.57 Å². The van der Waals surface area contributed by atoms with Gasteiger partial charge in [-0.2, -0.15) is 5.26 Å². The molecule has 0 radical (unpaired) electrons. The summed E-state index contributed by atoms with van der Waals surface area (Å²) < 4.78 is 10.9. The summed E-state index contributed by atoms with van der Waals surface area (Å²) in [6, 6.07) is 14.7. The predicted molar refractivity (Wildman–Crippen MR) is 94.5 cm³/mol. The molecule has 1 aromatic heterocycles. The molecule has 0 spiro atoms. The van der Waals surface area contributed by atoms with Crippen LogP contribution in [0.5, 0.6) is 5.75 Å². The van der Waals surface area contributed by atoms with Crippen molar-refractivity contribution in [1.82, 2.24) is 4.98 Å². The molecule has 0 saturated carbocycles. The Balaban J connectivity index is 2.12. The number of hydrogen-bond donors (Lipinski definition) is 0. The lowest BCUT2D eigenvalue weighted by atomic mass is 10.1. The zero-order valence-electron chi connectivity index (χ0n) is 14.1. The fourth-order valence-corrected chi connectivity index (χ4v) is 2.05. The third kappa shape index (κ3) is 5.78. The van der Waals surface area contributed by atoms with Gasteiger partial charge in [0, 0.05) is 11.8 Å². The Morgan fingerprint density at radius 1 is 1.24 bits per heavy atom. The highest BCUT2D eigenvalue weighted by Gasteiger charge is 2.12. The second-order valence-electron chi connectivity index (χ2n) is 5.31. The molecule has 0 fully saturated rings. The summed E-state index contributed by atoms with van der Waals surface area (Å²) in [5, 5.41) is 9.24. The Morgan fingerprint density at radius 3 is 2.76 bits per heavy atom. The van der Waals surface area contributed by atoms with E-state index in [9.17, 15) is 10.1 Å². The number of nitriles is 1. The van der Waals surface area contributed by atoms with E-state index < -0.39 is 5.97 Å². The van der Waals surface area contributed by atoms with Crippen molar-refractivity contribution in [2.45, 2.75) is 26.4 Å². The number of para-hydroxylation sites is 1. The quantitative estimate of drug-likeness (QED) is 0.316. The standard InChI is InChI=1S/C20H20N2O3/c1-2-3-12-24-20(23)17(14-21)13-16-8-4-5-10-19(16)25-15-18-9-6-7-11-22-18/h4-11,13H,2-3,12,15H2,1H3/b17-13+. The van der Waals surface area contributed by atoms with Gasteiger partial charge >= 0.3 is 5.97 Å². The number of carbonyl (C=O) groups excluding carboxylic acids is 1. The first-order chi connectivity index (χ1) is 12.2. The van der Waals surface area contributed by atoms with E-state index in [1.54, 1.807) is 18.3 Å². The van der Waals surface area contributed by atoms with Crippen molar-refractivity contribution in [2.75, 3.05) is 6.61 Å². The third-order valence-corrected chi connectivity index (χ3v) is 3.39. The predicted octanol–water partition coefficient (Wildman–Crippen LogP) is 3.91. The molecule has 0 unspecified atom stereocenters. The fourth-order valence-electron chi connectivity index (χ4n) is 2.05. The van der Waals surface area contributed by atoms with Crippen molar-refractivity contribution in [3.05, 3.63) is 65.5 Å². The number of nitrogens with zero attached hydrogens (tertiary/aromatic N) is 2. The molecule has 0 N–H and O–H groups in total. The number of hydrogen-bond acceptors (Lipinski definition) is 5. The van der Waals surface area contributed by atoms with Crippen molar-refractivity contribution >= 4 is 12.0 Å². The van der Waals surface area contributed by atoms with Crippen molar-refractivity contribution < 1.29 is 14.3 Å². The van der Waals surface area contributed by atoms with Gasteiger partial charge in [0.15, 0.2) is 0 Å². The first-order valence-electron chi connectivity index (χ1n) is 8.15. The zero-order chi connectivity index (χ0) is 17.9. The maximum atomic E-state index is 12.0. The lowest BCUT2D eigenvalue weighted by Crippen LogP contribution is -2.08. The van der Waals surface area contributed by atoms with Crippen LogP contribution in [0.25, 0.3) is 6.08 Å². The summed E-state index contributed by atoms with van der Waals surface area (Å²) in [6.07, 6.45) is 4.88. The van der Waals surface area contributed by atoms with Crippen LogP contribution in [0.15, 0.2) is 54.2 Å². The molecular weight excluding hydrogens is 316 g/mol. The van der Waals surface area contributed by atoms with Gasteiger partial charge in [-0.15, -0.1) is 0 Å². The molecule has 2 rings (SSSR count). The lowest BCUT2D eigenvalue weighted by molar-refractivity contribution is -0.138. The molecule has 0 amide bonds. The average molecular weight is 336 g/mol. The molecule has 25 heavy (non-hydrogen) atoms. The summed E-state index contributed by atoms with van der Waals surface area (Å²) in [7, 11) is 0. The summed E-state index contributed by atoms with van der Waals surface area (Å²) in [4.78, 5) is 16.2. The maximum absolute atomic E-state index is 12.0. The number of esters is 1. The molecular formula is C20H20N2O3. The normalized spacial score (nSPS) is 10.8. The summed E-state index contributed by atoms with van der Waals surface area (Å²) >= 11 is 0. The summed E-state index contributed by atoms with van der Waals surface area (Å²) in [6.45, 7) is 2.62. The molecule has 0 aliphatic carbocycles. The number of benzene rings is 1. The molecule has 1 heterocycles. The van der Waals surface area contributed by atoms with Crippen molar-refractivity contribution in [3.8, 4) is 11.8 Å². The van der Waals surface area contributed by atoms with Crippen LogP contribution in [-0.4, -0.2) is 17.6 Å². The van der Waals surface area contributed by atoms with Crippen molar-refractivity contribution in [1.29, 1.82) is 5.26 Å². The number of carbonyl (C=O) groups is 1. The van der Waals surface area contributed by atoms with E-state index in [4.69, 9.17) is 9.47 Å². The topological polar surface area (TPSA) is 72.2 Å². The minimum absolute atomic E-state index is 0.0509. The number of rotatable bonds is 8. The molecule has 1 aromatic carbocycles. The van der Waals surface area contributed by atoms with E-state index >= 15 is 0 Å². The second-order valence-corrected chi connectivity index (χ2v) is 5.31. The highest BCUT2D eigenvalue weighted by Crippen LogP contribution is 2.22. The van der Waals surface area contributed by atoms with Gasteiger partial charge in [-0.1, -0.05) is 37.6 Å². The first kappa shape index (κ1) is 18.2. The highest BCUT2D eigenvalue weighted by molar-refractivity contribution is 5.98. The number of ether oxygens (including phenoxy) is 2. The minimum atomic E-state index is -0.615. The van der Waals surface area contributed by atoms with Crippen LogP contribution in [0.4, 0.5) is 0 Å². The van der Waals surface area contributed by atoms with Gasteiger partial charge in [-0.25, -0.2) is 4.79 Å². The monoisotopic (exact) mass is 336 g/mol. The Labute approximate surface area is 147 Å². The number of pyridine rings is 1. The third-order valence-electron chi connectivity index (χ3n) is 3.39. The number of aromatic nitrogens is 1. The zero-order valence-corrected chi connectivity index (χ0v) is 14.1.